The summed E-state index contributed by atoms with van der Waals surface area (Å²) in [6.07, 6.45) is 1.30. The maximum Gasteiger partial charge on any atom is 0.263 e. The van der Waals surface area contributed by atoms with E-state index in [-0.39, 0.29) is 10.4 Å². The maximum absolute atomic E-state index is 13.4. The van der Waals surface area contributed by atoms with Gasteiger partial charge in [0.2, 0.25) is 0 Å². The van der Waals surface area contributed by atoms with E-state index >= 15 is 0 Å². The molecule has 2 aromatic rings. The zero-order valence-electron chi connectivity index (χ0n) is 7.74. The highest BCUT2D eigenvalue weighted by Crippen LogP contribution is 2.28. The fraction of sp³-hybridized carbons (Fsp3) is 0.111. The van der Waals surface area contributed by atoms with E-state index in [1.54, 1.807) is 7.05 Å². The summed E-state index contributed by atoms with van der Waals surface area (Å²) in [6.45, 7) is 0. The molecule has 0 N–H and O–H groups in total. The van der Waals surface area contributed by atoms with Crippen molar-refractivity contribution in [2.24, 2.45) is 7.05 Å². The molecule has 0 fully saturated rings. The first-order valence-electron chi connectivity index (χ1n) is 4.09. The summed E-state index contributed by atoms with van der Waals surface area (Å²) in [6, 6.07) is 4.24. The Hall–Kier alpha value is -1.07. The first kappa shape index (κ1) is 10.4. The summed E-state index contributed by atoms with van der Waals surface area (Å²) in [5.41, 5.74) is 0.233. The van der Waals surface area contributed by atoms with Gasteiger partial charge in [-0.3, -0.25) is 0 Å². The smallest absolute Gasteiger partial charge is 0.263 e. The second-order valence-corrected chi connectivity index (χ2v) is 5.71. The van der Waals surface area contributed by atoms with E-state index in [1.165, 1.54) is 29.0 Å². The van der Waals surface area contributed by atoms with Gasteiger partial charge in [-0.25, -0.2) is 12.8 Å². The van der Waals surface area contributed by atoms with E-state index in [9.17, 15) is 12.8 Å². The van der Waals surface area contributed by atoms with Gasteiger partial charge in [0.1, 0.15) is 10.7 Å². The van der Waals surface area contributed by atoms with Crippen molar-refractivity contribution < 1.29 is 12.8 Å². The largest absolute Gasteiger partial charge is 0.347 e. The second kappa shape index (κ2) is 3.21. The molecule has 0 atom stereocenters. The molecule has 0 bridgehead atoms. The Labute approximate surface area is 90.5 Å². The van der Waals surface area contributed by atoms with Gasteiger partial charge in [-0.1, -0.05) is 12.1 Å². The number of aromatic nitrogens is 1. The lowest BCUT2D eigenvalue weighted by Gasteiger charge is -1.96. The van der Waals surface area contributed by atoms with Crippen molar-refractivity contribution in [3.05, 3.63) is 30.2 Å². The van der Waals surface area contributed by atoms with Crippen molar-refractivity contribution in [2.75, 3.05) is 0 Å². The minimum Gasteiger partial charge on any atom is -0.347 e. The molecule has 0 radical (unpaired) electrons. The standard InChI is InChI=1S/C9H7ClFNO2S/c1-12-5-8(15(10,13)14)6-3-2-4-7(11)9(6)12/h2-5H,1H3. The predicted octanol–water partition coefficient (Wildman–Crippen LogP) is 2.24. The summed E-state index contributed by atoms with van der Waals surface area (Å²) in [5.74, 6) is -0.471. The molecule has 0 aliphatic carbocycles. The Morgan fingerprint density at radius 1 is 1.40 bits per heavy atom. The molecule has 15 heavy (non-hydrogen) atoms. The van der Waals surface area contributed by atoms with Gasteiger partial charge in [-0.15, -0.1) is 0 Å². The molecule has 0 saturated carbocycles. The molecule has 0 spiro atoms. The number of benzene rings is 1. The molecular weight excluding hydrogens is 241 g/mol. The Kier molecular flexibility index (Phi) is 2.24. The van der Waals surface area contributed by atoms with Gasteiger partial charge in [-0.2, -0.15) is 0 Å². The summed E-state index contributed by atoms with van der Waals surface area (Å²) >= 11 is 0. The molecule has 1 aromatic carbocycles. The zero-order valence-corrected chi connectivity index (χ0v) is 9.31. The van der Waals surface area contributed by atoms with Crippen LogP contribution in [0.15, 0.2) is 29.3 Å². The van der Waals surface area contributed by atoms with Gasteiger partial charge in [-0.05, 0) is 6.07 Å². The number of nitrogens with zero attached hydrogens (tertiary/aromatic N) is 1. The number of aryl methyl sites for hydroxylation is 1. The van der Waals surface area contributed by atoms with Crippen LogP contribution in [0.1, 0.15) is 0 Å². The van der Waals surface area contributed by atoms with Gasteiger partial charge in [0.15, 0.2) is 0 Å². The monoisotopic (exact) mass is 247 g/mol. The highest BCUT2D eigenvalue weighted by atomic mass is 35.7. The number of hydrogen-bond acceptors (Lipinski definition) is 2. The lowest BCUT2D eigenvalue weighted by atomic mass is 10.2. The molecule has 1 heterocycles. The minimum atomic E-state index is -3.84. The quantitative estimate of drug-likeness (QED) is 0.725. The Morgan fingerprint density at radius 3 is 2.67 bits per heavy atom. The summed E-state index contributed by atoms with van der Waals surface area (Å²) < 4.78 is 37.2. The van der Waals surface area contributed by atoms with Crippen molar-refractivity contribution in [1.82, 2.24) is 4.57 Å². The molecule has 2 rings (SSSR count). The molecule has 0 aliphatic heterocycles. The van der Waals surface area contributed by atoms with Crippen molar-refractivity contribution in [3.8, 4) is 0 Å². The molecule has 6 heteroatoms. The molecule has 3 nitrogen and oxygen atoms in total. The van der Waals surface area contributed by atoms with Crippen LogP contribution in [-0.2, 0) is 16.1 Å². The van der Waals surface area contributed by atoms with Gasteiger partial charge in [0.25, 0.3) is 9.05 Å². The van der Waals surface area contributed by atoms with Crippen molar-refractivity contribution in [2.45, 2.75) is 4.90 Å². The SMILES string of the molecule is Cn1cc(S(=O)(=O)Cl)c2cccc(F)c21. The van der Waals surface area contributed by atoms with E-state index < -0.39 is 14.9 Å². The molecule has 0 amide bonds. The summed E-state index contributed by atoms with van der Waals surface area (Å²) in [4.78, 5) is -0.0684. The highest BCUT2D eigenvalue weighted by Gasteiger charge is 2.19. The van der Waals surface area contributed by atoms with Crippen LogP contribution in [0, 0.1) is 5.82 Å². The second-order valence-electron chi connectivity index (χ2n) is 3.18. The van der Waals surface area contributed by atoms with E-state index in [4.69, 9.17) is 10.7 Å². The Bertz CT molecular complexity index is 633. The molecule has 1 aromatic heterocycles. The molecule has 0 unspecified atom stereocenters. The lowest BCUT2D eigenvalue weighted by Crippen LogP contribution is -1.88. The average molecular weight is 248 g/mol. The van der Waals surface area contributed by atoms with Crippen molar-refractivity contribution in [1.29, 1.82) is 0 Å². The number of fused-ring (bicyclic) bond motifs is 1. The van der Waals surface area contributed by atoms with Crippen LogP contribution in [0.2, 0.25) is 0 Å². The summed E-state index contributed by atoms with van der Waals surface area (Å²) in [7, 11) is 2.97. The van der Waals surface area contributed by atoms with Crippen LogP contribution in [0.3, 0.4) is 0 Å². The van der Waals surface area contributed by atoms with E-state index in [0.717, 1.165) is 0 Å². The zero-order chi connectivity index (χ0) is 11.2. The third-order valence-electron chi connectivity index (χ3n) is 2.18. The third kappa shape index (κ3) is 1.61. The number of rotatable bonds is 1. The van der Waals surface area contributed by atoms with Gasteiger partial charge < -0.3 is 4.57 Å². The van der Waals surface area contributed by atoms with Gasteiger partial charge >= 0.3 is 0 Å². The van der Waals surface area contributed by atoms with Crippen LogP contribution in [0.5, 0.6) is 0 Å². The van der Waals surface area contributed by atoms with Crippen LogP contribution in [-0.4, -0.2) is 13.0 Å². The Balaban J connectivity index is 2.98. The third-order valence-corrected chi connectivity index (χ3v) is 3.53. The first-order valence-corrected chi connectivity index (χ1v) is 6.40. The van der Waals surface area contributed by atoms with Gasteiger partial charge in [0.05, 0.1) is 5.52 Å². The van der Waals surface area contributed by atoms with E-state index in [0.29, 0.717) is 5.39 Å². The number of halogens is 2. The van der Waals surface area contributed by atoms with Crippen LogP contribution < -0.4 is 0 Å². The molecular formula is C9H7ClFNO2S. The predicted molar refractivity (Wildman–Crippen MR) is 55.9 cm³/mol. The van der Waals surface area contributed by atoms with Gasteiger partial charge in [0, 0.05) is 29.3 Å². The minimum absolute atomic E-state index is 0.0684. The fourth-order valence-electron chi connectivity index (χ4n) is 1.58. The normalized spacial score (nSPS) is 12.2. The molecule has 80 valence electrons. The Morgan fingerprint density at radius 2 is 2.07 bits per heavy atom. The van der Waals surface area contributed by atoms with Crippen LogP contribution >= 0.6 is 10.7 Å². The van der Waals surface area contributed by atoms with Crippen LogP contribution in [0.25, 0.3) is 10.9 Å². The van der Waals surface area contributed by atoms with E-state index in [1.807, 2.05) is 0 Å². The molecule has 0 saturated heterocycles. The van der Waals surface area contributed by atoms with Crippen LogP contribution in [0.4, 0.5) is 4.39 Å². The maximum atomic E-state index is 13.4. The average Bonchev–Trinajstić information content (AvgIpc) is 2.44. The van der Waals surface area contributed by atoms with Crippen molar-refractivity contribution in [3.63, 3.8) is 0 Å². The first-order chi connectivity index (χ1) is 6.91. The summed E-state index contributed by atoms with van der Waals surface area (Å²) in [5, 5.41) is 0.299. The lowest BCUT2D eigenvalue weighted by molar-refractivity contribution is 0.610. The van der Waals surface area contributed by atoms with Crippen molar-refractivity contribution >= 4 is 30.6 Å². The topological polar surface area (TPSA) is 39.1 Å². The highest BCUT2D eigenvalue weighted by molar-refractivity contribution is 8.14. The van der Waals surface area contributed by atoms with E-state index in [2.05, 4.69) is 0 Å². The number of hydrogen-bond donors (Lipinski definition) is 0. The molecule has 0 aliphatic rings. The fourth-order valence-corrected chi connectivity index (χ4v) is 2.66. The number of para-hydroxylation sites is 1.